The van der Waals surface area contributed by atoms with E-state index in [1.54, 1.807) is 7.11 Å². The predicted octanol–water partition coefficient (Wildman–Crippen LogP) is 2.42. The second kappa shape index (κ2) is 5.54. The summed E-state index contributed by atoms with van der Waals surface area (Å²) in [5.41, 5.74) is 3.45. The Morgan fingerprint density at radius 1 is 1.19 bits per heavy atom. The molecule has 0 radical (unpaired) electrons. The Balaban J connectivity index is 2.86. The van der Waals surface area contributed by atoms with E-state index in [1.807, 2.05) is 13.0 Å². The molecule has 0 aliphatic heterocycles. The van der Waals surface area contributed by atoms with Crippen molar-refractivity contribution in [3.8, 4) is 5.75 Å². The number of ether oxygens (including phenoxy) is 2. The van der Waals surface area contributed by atoms with Crippen molar-refractivity contribution in [3.63, 3.8) is 0 Å². The van der Waals surface area contributed by atoms with Crippen LogP contribution in [-0.2, 0) is 16.0 Å². The molecule has 88 valence electrons. The maximum atomic E-state index is 11.1. The number of esters is 1. The van der Waals surface area contributed by atoms with E-state index in [2.05, 4.69) is 17.7 Å². The molecule has 0 spiro atoms. The molecule has 0 atom stereocenters. The van der Waals surface area contributed by atoms with E-state index in [0.29, 0.717) is 12.8 Å². The maximum Gasteiger partial charge on any atom is 0.305 e. The van der Waals surface area contributed by atoms with Crippen molar-refractivity contribution in [2.24, 2.45) is 0 Å². The van der Waals surface area contributed by atoms with Crippen LogP contribution in [0.4, 0.5) is 0 Å². The number of benzene rings is 1. The topological polar surface area (TPSA) is 35.5 Å². The monoisotopic (exact) mass is 222 g/mol. The zero-order valence-corrected chi connectivity index (χ0v) is 10.3. The van der Waals surface area contributed by atoms with Crippen molar-refractivity contribution in [2.45, 2.75) is 26.7 Å². The van der Waals surface area contributed by atoms with Crippen LogP contribution in [0.25, 0.3) is 0 Å². The average molecular weight is 222 g/mol. The van der Waals surface area contributed by atoms with Gasteiger partial charge in [0.2, 0.25) is 0 Å². The second-order valence-corrected chi connectivity index (χ2v) is 3.82. The van der Waals surface area contributed by atoms with Crippen LogP contribution >= 0.6 is 0 Å². The lowest BCUT2D eigenvalue weighted by atomic mass is 10.0. The van der Waals surface area contributed by atoms with Gasteiger partial charge in [0.15, 0.2) is 0 Å². The molecule has 0 heterocycles. The lowest BCUT2D eigenvalue weighted by Gasteiger charge is -2.11. The van der Waals surface area contributed by atoms with Crippen LogP contribution in [0.3, 0.4) is 0 Å². The van der Waals surface area contributed by atoms with Crippen LogP contribution in [0.2, 0.25) is 0 Å². The number of aryl methyl sites for hydroxylation is 3. The Bertz CT molecular complexity index is 383. The van der Waals surface area contributed by atoms with Gasteiger partial charge in [0.25, 0.3) is 0 Å². The average Bonchev–Trinajstić information content (AvgIpc) is 2.29. The van der Waals surface area contributed by atoms with Crippen LogP contribution in [0, 0.1) is 13.8 Å². The van der Waals surface area contributed by atoms with E-state index in [0.717, 1.165) is 11.3 Å². The number of hydrogen-bond acceptors (Lipinski definition) is 3. The van der Waals surface area contributed by atoms with Gasteiger partial charge < -0.3 is 9.47 Å². The summed E-state index contributed by atoms with van der Waals surface area (Å²) < 4.78 is 9.91. The molecule has 0 fully saturated rings. The summed E-state index contributed by atoms with van der Waals surface area (Å²) in [5.74, 6) is 0.646. The first kappa shape index (κ1) is 12.6. The summed E-state index contributed by atoms with van der Waals surface area (Å²) in [6.45, 7) is 4.10. The second-order valence-electron chi connectivity index (χ2n) is 3.82. The van der Waals surface area contributed by atoms with Gasteiger partial charge in [0.1, 0.15) is 5.75 Å². The minimum atomic E-state index is -0.194. The van der Waals surface area contributed by atoms with Crippen LogP contribution in [0.5, 0.6) is 5.75 Å². The molecule has 0 aliphatic carbocycles. The van der Waals surface area contributed by atoms with E-state index >= 15 is 0 Å². The molecule has 0 unspecified atom stereocenters. The lowest BCUT2D eigenvalue weighted by Crippen LogP contribution is -2.03. The van der Waals surface area contributed by atoms with Crippen LogP contribution in [0.15, 0.2) is 12.1 Å². The van der Waals surface area contributed by atoms with Gasteiger partial charge in [-0.2, -0.15) is 0 Å². The minimum Gasteiger partial charge on any atom is -0.496 e. The summed E-state index contributed by atoms with van der Waals surface area (Å²) in [4.78, 5) is 11.1. The zero-order valence-electron chi connectivity index (χ0n) is 10.3. The molecular weight excluding hydrogens is 204 g/mol. The molecule has 0 saturated carbocycles. The van der Waals surface area contributed by atoms with E-state index < -0.39 is 0 Å². The molecular formula is C13H18O3. The summed E-state index contributed by atoms with van der Waals surface area (Å²) in [5, 5.41) is 0. The highest BCUT2D eigenvalue weighted by Crippen LogP contribution is 2.24. The molecule has 16 heavy (non-hydrogen) atoms. The molecule has 0 N–H and O–H groups in total. The predicted molar refractivity (Wildman–Crippen MR) is 62.8 cm³/mol. The van der Waals surface area contributed by atoms with Gasteiger partial charge in [-0.3, -0.25) is 4.79 Å². The van der Waals surface area contributed by atoms with Crippen molar-refractivity contribution < 1.29 is 14.3 Å². The number of carbonyl (C=O) groups is 1. The Morgan fingerprint density at radius 2 is 1.81 bits per heavy atom. The third kappa shape index (κ3) is 2.99. The normalized spacial score (nSPS) is 10.0. The fraction of sp³-hybridized carbons (Fsp3) is 0.462. The Hall–Kier alpha value is -1.51. The number of carbonyl (C=O) groups excluding carboxylic acids is 1. The van der Waals surface area contributed by atoms with Gasteiger partial charge in [0, 0.05) is 6.42 Å². The highest BCUT2D eigenvalue weighted by atomic mass is 16.5. The maximum absolute atomic E-state index is 11.1. The van der Waals surface area contributed by atoms with Crippen molar-refractivity contribution in [3.05, 3.63) is 28.8 Å². The summed E-state index contributed by atoms with van der Waals surface area (Å²) in [6.07, 6.45) is 1.03. The van der Waals surface area contributed by atoms with Gasteiger partial charge in [-0.25, -0.2) is 0 Å². The van der Waals surface area contributed by atoms with Crippen molar-refractivity contribution in [2.75, 3.05) is 14.2 Å². The van der Waals surface area contributed by atoms with E-state index in [9.17, 15) is 4.79 Å². The number of rotatable bonds is 4. The van der Waals surface area contributed by atoms with Crippen LogP contribution in [-0.4, -0.2) is 20.2 Å². The highest BCUT2D eigenvalue weighted by molar-refractivity contribution is 5.69. The van der Waals surface area contributed by atoms with Crippen molar-refractivity contribution in [1.29, 1.82) is 0 Å². The van der Waals surface area contributed by atoms with Crippen molar-refractivity contribution >= 4 is 5.97 Å². The van der Waals surface area contributed by atoms with E-state index in [-0.39, 0.29) is 5.97 Å². The molecule has 0 aromatic heterocycles. The SMILES string of the molecule is COC(=O)CCc1cc(C)c(C)cc1OC. The van der Waals surface area contributed by atoms with E-state index in [1.165, 1.54) is 18.2 Å². The Kier molecular flexibility index (Phi) is 4.35. The molecule has 3 heteroatoms. The number of methoxy groups -OCH3 is 2. The quantitative estimate of drug-likeness (QED) is 0.734. The van der Waals surface area contributed by atoms with Gasteiger partial charge in [-0.1, -0.05) is 6.07 Å². The molecule has 3 nitrogen and oxygen atoms in total. The third-order valence-electron chi connectivity index (χ3n) is 2.72. The Labute approximate surface area is 96.4 Å². The molecule has 0 saturated heterocycles. The summed E-state index contributed by atoms with van der Waals surface area (Å²) in [6, 6.07) is 4.07. The highest BCUT2D eigenvalue weighted by Gasteiger charge is 2.08. The standard InChI is InChI=1S/C13H18O3/c1-9-7-11(5-6-13(14)16-4)12(15-3)8-10(9)2/h7-8H,5-6H2,1-4H3. The van der Waals surface area contributed by atoms with Crippen LogP contribution in [0.1, 0.15) is 23.1 Å². The first-order valence-electron chi connectivity index (χ1n) is 5.29. The molecule has 0 aliphatic rings. The van der Waals surface area contributed by atoms with Gasteiger partial charge in [-0.15, -0.1) is 0 Å². The lowest BCUT2D eigenvalue weighted by molar-refractivity contribution is -0.140. The number of hydrogen-bond donors (Lipinski definition) is 0. The molecule has 0 amide bonds. The molecule has 0 bridgehead atoms. The largest absolute Gasteiger partial charge is 0.496 e. The van der Waals surface area contributed by atoms with E-state index in [4.69, 9.17) is 4.74 Å². The first-order chi connectivity index (χ1) is 7.58. The molecule has 1 rings (SSSR count). The molecule has 1 aromatic rings. The first-order valence-corrected chi connectivity index (χ1v) is 5.29. The van der Waals surface area contributed by atoms with Crippen molar-refractivity contribution in [1.82, 2.24) is 0 Å². The molecule has 1 aromatic carbocycles. The zero-order chi connectivity index (χ0) is 12.1. The summed E-state index contributed by atoms with van der Waals surface area (Å²) >= 11 is 0. The Morgan fingerprint density at radius 3 is 2.38 bits per heavy atom. The van der Waals surface area contributed by atoms with Gasteiger partial charge in [-0.05, 0) is 43.0 Å². The van der Waals surface area contributed by atoms with Gasteiger partial charge >= 0.3 is 5.97 Å². The minimum absolute atomic E-state index is 0.194. The smallest absolute Gasteiger partial charge is 0.305 e. The van der Waals surface area contributed by atoms with Gasteiger partial charge in [0.05, 0.1) is 14.2 Å². The summed E-state index contributed by atoms with van der Waals surface area (Å²) in [7, 11) is 3.05. The fourth-order valence-corrected chi connectivity index (χ4v) is 1.57. The fourth-order valence-electron chi connectivity index (χ4n) is 1.57. The third-order valence-corrected chi connectivity index (χ3v) is 2.72. The van der Waals surface area contributed by atoms with Crippen LogP contribution < -0.4 is 4.74 Å².